The van der Waals surface area contributed by atoms with Crippen molar-refractivity contribution >= 4 is 23.7 Å². The third-order valence-electron chi connectivity index (χ3n) is 3.46. The number of nitro benzene ring substituents is 1. The molecule has 0 amide bonds. The predicted molar refractivity (Wildman–Crippen MR) is 93.0 cm³/mol. The maximum Gasteiger partial charge on any atom is 0.324 e. The lowest BCUT2D eigenvalue weighted by Gasteiger charge is -2.11. The second-order valence-electron chi connectivity index (χ2n) is 5.57. The summed E-state index contributed by atoms with van der Waals surface area (Å²) in [5.41, 5.74) is 1.12. The lowest BCUT2D eigenvalue weighted by atomic mass is 9.98. The molecular weight excluding hydrogens is 326 g/mol. The molecule has 0 N–H and O–H groups in total. The Labute approximate surface area is 146 Å². The number of carbonyl (C=O) groups is 2. The van der Waals surface area contributed by atoms with Crippen molar-refractivity contribution in [1.82, 2.24) is 0 Å². The molecule has 0 radical (unpaired) electrons. The van der Waals surface area contributed by atoms with Crippen LogP contribution in [0.15, 0.2) is 24.3 Å². The lowest BCUT2D eigenvalue weighted by Crippen LogP contribution is -2.26. The summed E-state index contributed by atoms with van der Waals surface area (Å²) in [6.07, 6.45) is 2.67. The van der Waals surface area contributed by atoms with Crippen molar-refractivity contribution in [2.24, 2.45) is 5.92 Å². The van der Waals surface area contributed by atoms with E-state index in [1.807, 2.05) is 13.8 Å². The number of hydrogen-bond donors (Lipinski definition) is 0. The third-order valence-corrected chi connectivity index (χ3v) is 3.46. The first-order valence-corrected chi connectivity index (χ1v) is 8.11. The lowest BCUT2D eigenvalue weighted by molar-refractivity contribution is -0.385. The van der Waals surface area contributed by atoms with Crippen LogP contribution >= 0.6 is 0 Å². The fourth-order valence-corrected chi connectivity index (χ4v) is 2.15. The minimum absolute atomic E-state index is 0.105. The van der Waals surface area contributed by atoms with Crippen molar-refractivity contribution in [3.05, 3.63) is 45.5 Å². The van der Waals surface area contributed by atoms with Crippen LogP contribution in [0, 0.1) is 16.0 Å². The summed E-state index contributed by atoms with van der Waals surface area (Å²) in [4.78, 5) is 34.6. The Balaban J connectivity index is 3.24. The number of esters is 2. The van der Waals surface area contributed by atoms with Crippen molar-refractivity contribution < 1.29 is 24.0 Å². The summed E-state index contributed by atoms with van der Waals surface area (Å²) < 4.78 is 9.75. The minimum atomic E-state index is -1.26. The van der Waals surface area contributed by atoms with Gasteiger partial charge < -0.3 is 9.47 Å². The van der Waals surface area contributed by atoms with E-state index >= 15 is 0 Å². The zero-order valence-corrected chi connectivity index (χ0v) is 14.9. The Morgan fingerprint density at radius 2 is 1.72 bits per heavy atom. The molecule has 1 rings (SSSR count). The smallest absolute Gasteiger partial charge is 0.324 e. The van der Waals surface area contributed by atoms with Gasteiger partial charge in [-0.15, -0.1) is 0 Å². The van der Waals surface area contributed by atoms with Gasteiger partial charge in [-0.1, -0.05) is 32.1 Å². The largest absolute Gasteiger partial charge is 0.465 e. The van der Waals surface area contributed by atoms with Gasteiger partial charge in [0.05, 0.1) is 23.7 Å². The van der Waals surface area contributed by atoms with E-state index in [4.69, 9.17) is 9.47 Å². The van der Waals surface area contributed by atoms with Crippen molar-refractivity contribution in [3.63, 3.8) is 0 Å². The Morgan fingerprint density at radius 3 is 2.16 bits per heavy atom. The van der Waals surface area contributed by atoms with E-state index in [0.29, 0.717) is 5.56 Å². The average molecular weight is 349 g/mol. The number of benzene rings is 1. The molecule has 0 atom stereocenters. The highest BCUT2D eigenvalue weighted by Crippen LogP contribution is 2.26. The van der Waals surface area contributed by atoms with E-state index < -0.39 is 22.8 Å². The van der Waals surface area contributed by atoms with Gasteiger partial charge in [0.1, 0.15) is 0 Å². The highest BCUT2D eigenvalue weighted by Gasteiger charge is 2.27. The molecule has 1 aromatic rings. The van der Waals surface area contributed by atoms with Gasteiger partial charge in [-0.25, -0.2) is 0 Å². The molecule has 136 valence electrons. The van der Waals surface area contributed by atoms with Crippen LogP contribution in [0.1, 0.15) is 44.7 Å². The molecule has 7 nitrogen and oxygen atoms in total. The number of ether oxygens (including phenoxy) is 2. The summed E-state index contributed by atoms with van der Waals surface area (Å²) in [6.45, 7) is 7.42. The van der Waals surface area contributed by atoms with Gasteiger partial charge in [0, 0.05) is 6.07 Å². The van der Waals surface area contributed by atoms with E-state index in [-0.39, 0.29) is 24.8 Å². The van der Waals surface area contributed by atoms with Crippen molar-refractivity contribution in [2.45, 2.75) is 33.6 Å². The van der Waals surface area contributed by atoms with Crippen LogP contribution in [0.4, 0.5) is 5.69 Å². The molecule has 0 aliphatic rings. The van der Waals surface area contributed by atoms with Crippen molar-refractivity contribution in [3.8, 4) is 0 Å². The normalized spacial score (nSPS) is 11.1. The third kappa shape index (κ3) is 5.70. The molecular formula is C18H23NO6. The van der Waals surface area contributed by atoms with Gasteiger partial charge in [-0.05, 0) is 31.4 Å². The van der Waals surface area contributed by atoms with E-state index in [1.54, 1.807) is 26.0 Å². The molecule has 0 aliphatic carbocycles. The fourth-order valence-electron chi connectivity index (χ4n) is 2.15. The molecule has 0 fully saturated rings. The van der Waals surface area contributed by atoms with Crippen LogP contribution in [-0.2, 0) is 19.1 Å². The minimum Gasteiger partial charge on any atom is -0.465 e. The van der Waals surface area contributed by atoms with E-state index in [9.17, 15) is 19.7 Å². The fraction of sp³-hybridized carbons (Fsp3) is 0.444. The summed E-state index contributed by atoms with van der Waals surface area (Å²) >= 11 is 0. The Bertz CT molecular complexity index is 648. The highest BCUT2D eigenvalue weighted by atomic mass is 16.6. The average Bonchev–Trinajstić information content (AvgIpc) is 2.55. The standard InChI is InChI=1S/C18H23NO6/c1-5-24-17(20)15(18(21)25-6-2)9-7-14-11-13(12(3)4)8-10-16(14)19(22)23/h7-12,15H,5-6H2,1-4H3. The van der Waals surface area contributed by atoms with Crippen molar-refractivity contribution in [1.29, 1.82) is 0 Å². The number of hydrogen-bond acceptors (Lipinski definition) is 6. The topological polar surface area (TPSA) is 95.7 Å². The van der Waals surface area contributed by atoms with E-state index in [2.05, 4.69) is 0 Å². The Kier molecular flexibility index (Phi) is 7.78. The van der Waals surface area contributed by atoms with Gasteiger partial charge in [-0.3, -0.25) is 19.7 Å². The molecule has 0 spiro atoms. The molecule has 1 aromatic carbocycles. The zero-order valence-electron chi connectivity index (χ0n) is 14.9. The van der Waals surface area contributed by atoms with Crippen LogP contribution in [0.2, 0.25) is 0 Å². The van der Waals surface area contributed by atoms with Crippen LogP contribution in [-0.4, -0.2) is 30.1 Å². The summed E-state index contributed by atoms with van der Waals surface area (Å²) in [6, 6.07) is 4.78. The van der Waals surface area contributed by atoms with Crippen LogP contribution in [0.3, 0.4) is 0 Å². The second-order valence-corrected chi connectivity index (χ2v) is 5.57. The van der Waals surface area contributed by atoms with Gasteiger partial charge in [-0.2, -0.15) is 0 Å². The monoisotopic (exact) mass is 349 g/mol. The molecule has 7 heteroatoms. The SMILES string of the molecule is CCOC(=O)C(C=Cc1cc(C(C)C)ccc1[N+](=O)[O-])C(=O)OCC. The number of nitrogens with zero attached hydrogens (tertiary/aromatic N) is 1. The first-order chi connectivity index (χ1) is 11.8. The summed E-state index contributed by atoms with van der Waals surface area (Å²) in [5.74, 6) is -2.58. The van der Waals surface area contributed by atoms with Gasteiger partial charge in [0.25, 0.3) is 5.69 Å². The van der Waals surface area contributed by atoms with Gasteiger partial charge >= 0.3 is 11.9 Å². The molecule has 0 saturated carbocycles. The first kappa shape index (κ1) is 20.3. The van der Waals surface area contributed by atoms with Crippen molar-refractivity contribution in [2.75, 3.05) is 13.2 Å². The zero-order chi connectivity index (χ0) is 19.0. The molecule has 0 aromatic heterocycles. The second kappa shape index (κ2) is 9.56. The number of rotatable bonds is 8. The highest BCUT2D eigenvalue weighted by molar-refractivity contribution is 5.97. The Hall–Kier alpha value is -2.70. The number of nitro groups is 1. The van der Waals surface area contributed by atoms with E-state index in [0.717, 1.165) is 5.56 Å². The van der Waals surface area contributed by atoms with Gasteiger partial charge in [0.2, 0.25) is 0 Å². The first-order valence-electron chi connectivity index (χ1n) is 8.11. The molecule has 0 saturated heterocycles. The number of carbonyl (C=O) groups excluding carboxylic acids is 2. The van der Waals surface area contributed by atoms with Gasteiger partial charge in [0.15, 0.2) is 5.92 Å². The maximum absolute atomic E-state index is 12.0. The van der Waals surface area contributed by atoms with Crippen LogP contribution in [0.5, 0.6) is 0 Å². The molecule has 25 heavy (non-hydrogen) atoms. The van der Waals surface area contributed by atoms with Crippen LogP contribution < -0.4 is 0 Å². The Morgan fingerprint density at radius 1 is 1.16 bits per heavy atom. The maximum atomic E-state index is 12.0. The van der Waals surface area contributed by atoms with E-state index in [1.165, 1.54) is 18.2 Å². The molecule has 0 unspecified atom stereocenters. The molecule has 0 bridgehead atoms. The molecule has 0 aliphatic heterocycles. The van der Waals surface area contributed by atoms with Crippen LogP contribution in [0.25, 0.3) is 6.08 Å². The molecule has 0 heterocycles. The summed E-state index contributed by atoms with van der Waals surface area (Å²) in [5, 5.41) is 11.2. The predicted octanol–water partition coefficient (Wildman–Crippen LogP) is 3.47. The summed E-state index contributed by atoms with van der Waals surface area (Å²) in [7, 11) is 0. The quantitative estimate of drug-likeness (QED) is 0.308.